The summed E-state index contributed by atoms with van der Waals surface area (Å²) in [6, 6.07) is 5.40. The number of aryl methyl sites for hydroxylation is 2. The summed E-state index contributed by atoms with van der Waals surface area (Å²) in [5.41, 5.74) is 0.606. The summed E-state index contributed by atoms with van der Waals surface area (Å²) in [5.74, 6) is 2.01. The van der Waals surface area contributed by atoms with E-state index in [2.05, 4.69) is 34.1 Å². The van der Waals surface area contributed by atoms with Gasteiger partial charge < -0.3 is 9.88 Å². The second-order valence-electron chi connectivity index (χ2n) is 10.8. The van der Waals surface area contributed by atoms with Gasteiger partial charge in [0.25, 0.3) is 0 Å². The fourth-order valence-electron chi connectivity index (χ4n) is 5.31. The van der Waals surface area contributed by atoms with E-state index < -0.39 is 22.5 Å². The number of hydrogen-bond acceptors (Lipinski definition) is 5. The Morgan fingerprint density at radius 1 is 1.03 bits per heavy atom. The van der Waals surface area contributed by atoms with E-state index in [0.29, 0.717) is 23.3 Å². The van der Waals surface area contributed by atoms with E-state index >= 15 is 0 Å². The van der Waals surface area contributed by atoms with Crippen LogP contribution in [-0.2, 0) is 17.0 Å². The second-order valence-corrected chi connectivity index (χ2v) is 12.5. The van der Waals surface area contributed by atoms with Crippen molar-refractivity contribution in [1.29, 1.82) is 0 Å². The van der Waals surface area contributed by atoms with E-state index in [0.717, 1.165) is 42.3 Å². The lowest BCUT2D eigenvalue weighted by Gasteiger charge is -2.30. The third kappa shape index (κ3) is 5.95. The van der Waals surface area contributed by atoms with Crippen LogP contribution in [-0.4, -0.2) is 29.0 Å². The number of rotatable bonds is 7. The molecule has 6 nitrogen and oxygen atoms in total. The van der Waals surface area contributed by atoms with Crippen molar-refractivity contribution in [2.24, 2.45) is 11.8 Å². The summed E-state index contributed by atoms with van der Waals surface area (Å²) < 4.78 is 56.6. The molecule has 38 heavy (non-hydrogen) atoms. The van der Waals surface area contributed by atoms with Crippen molar-refractivity contribution >= 4 is 22.4 Å². The Kier molecular flexibility index (Phi) is 8.30. The van der Waals surface area contributed by atoms with Gasteiger partial charge in [-0.2, -0.15) is 13.2 Å². The second kappa shape index (κ2) is 11.2. The van der Waals surface area contributed by atoms with Crippen LogP contribution in [0.25, 0.3) is 11.4 Å². The van der Waals surface area contributed by atoms with Crippen molar-refractivity contribution in [3.63, 3.8) is 0 Å². The molecule has 1 atom stereocenters. The molecule has 0 saturated heterocycles. The quantitative estimate of drug-likeness (QED) is 0.329. The van der Waals surface area contributed by atoms with Crippen molar-refractivity contribution in [2.45, 2.75) is 89.6 Å². The summed E-state index contributed by atoms with van der Waals surface area (Å²) in [7, 11) is -1.10. The van der Waals surface area contributed by atoms with Crippen LogP contribution in [0.5, 0.6) is 0 Å². The lowest BCUT2D eigenvalue weighted by Crippen LogP contribution is -2.25. The average Bonchev–Trinajstić information content (AvgIpc) is 3.25. The number of benzene rings is 1. The minimum absolute atomic E-state index is 0.0474. The highest BCUT2D eigenvalue weighted by atomic mass is 32.2. The Labute approximate surface area is 225 Å². The number of hydrogen-bond donors (Lipinski definition) is 1. The van der Waals surface area contributed by atoms with Gasteiger partial charge in [0.05, 0.1) is 22.7 Å². The van der Waals surface area contributed by atoms with Gasteiger partial charge in [0, 0.05) is 28.1 Å². The molecule has 0 radical (unpaired) electrons. The molecule has 0 aliphatic heterocycles. The van der Waals surface area contributed by atoms with Crippen LogP contribution in [0.4, 0.5) is 24.8 Å². The van der Waals surface area contributed by atoms with Gasteiger partial charge >= 0.3 is 6.18 Å². The van der Waals surface area contributed by atoms with Gasteiger partial charge in [0.1, 0.15) is 17.1 Å². The SMILES string of the molecule is Cc1cc(S(=O)C2CCC(C(C)C)CC2)ccc1Nc1ncc(C(F)(F)F)c(-c2cnc(C)n2C(C)C)n1. The third-order valence-corrected chi connectivity index (χ3v) is 9.27. The van der Waals surface area contributed by atoms with Crippen molar-refractivity contribution < 1.29 is 17.4 Å². The lowest BCUT2D eigenvalue weighted by molar-refractivity contribution is -0.137. The molecule has 206 valence electrons. The molecule has 2 heterocycles. The molecule has 0 bridgehead atoms. The first-order valence-corrected chi connectivity index (χ1v) is 14.3. The third-order valence-electron chi connectivity index (χ3n) is 7.48. The summed E-state index contributed by atoms with van der Waals surface area (Å²) >= 11 is 0. The summed E-state index contributed by atoms with van der Waals surface area (Å²) in [6.45, 7) is 11.9. The number of alkyl halides is 3. The molecular weight excluding hydrogens is 511 g/mol. The molecule has 2 aromatic heterocycles. The lowest BCUT2D eigenvalue weighted by atomic mass is 9.81. The molecule has 4 rings (SSSR count). The number of anilines is 2. The standard InChI is InChI=1S/C28H36F3N5OS/c1-16(2)20-7-9-21(10-8-20)38(37)22-11-12-24(18(5)13-22)34-27-33-14-23(28(29,30)31)26(35-27)25-15-32-19(6)36(25)17(3)4/h11-17,20-21H,7-10H2,1-6H3,(H,33,34,35). The van der Waals surface area contributed by atoms with Gasteiger partial charge in [-0.05, 0) is 89.0 Å². The van der Waals surface area contributed by atoms with Crippen LogP contribution in [0.2, 0.25) is 0 Å². The van der Waals surface area contributed by atoms with Crippen molar-refractivity contribution in [3.8, 4) is 11.4 Å². The molecule has 1 aromatic carbocycles. The van der Waals surface area contributed by atoms with Gasteiger partial charge in [-0.1, -0.05) is 13.8 Å². The average molecular weight is 548 g/mol. The van der Waals surface area contributed by atoms with Crippen LogP contribution in [0.3, 0.4) is 0 Å². The Balaban J connectivity index is 1.59. The molecule has 3 aromatic rings. The first-order chi connectivity index (χ1) is 17.9. The summed E-state index contributed by atoms with van der Waals surface area (Å²) in [5, 5.41) is 3.21. The molecule has 1 saturated carbocycles. The van der Waals surface area contributed by atoms with E-state index in [-0.39, 0.29) is 28.6 Å². The van der Waals surface area contributed by atoms with E-state index in [9.17, 15) is 17.4 Å². The molecule has 0 amide bonds. The van der Waals surface area contributed by atoms with Gasteiger partial charge in [-0.15, -0.1) is 0 Å². The van der Waals surface area contributed by atoms with Gasteiger partial charge in [0.15, 0.2) is 0 Å². The van der Waals surface area contributed by atoms with Crippen LogP contribution < -0.4 is 5.32 Å². The maximum Gasteiger partial charge on any atom is 0.420 e. The number of aromatic nitrogens is 4. The first-order valence-electron chi connectivity index (χ1n) is 13.1. The van der Waals surface area contributed by atoms with E-state index in [1.54, 1.807) is 17.6 Å². The molecule has 0 spiro atoms. The monoisotopic (exact) mass is 547 g/mol. The number of imidazole rings is 1. The fraction of sp³-hybridized carbons (Fsp3) is 0.536. The van der Waals surface area contributed by atoms with E-state index in [4.69, 9.17) is 0 Å². The van der Waals surface area contributed by atoms with Gasteiger partial charge in [0.2, 0.25) is 5.95 Å². The van der Waals surface area contributed by atoms with Crippen molar-refractivity contribution in [2.75, 3.05) is 5.32 Å². The van der Waals surface area contributed by atoms with E-state index in [1.807, 2.05) is 32.9 Å². The predicted octanol–water partition coefficient (Wildman–Crippen LogP) is 7.62. The molecule has 1 unspecified atom stereocenters. The number of nitrogens with zero attached hydrogens (tertiary/aromatic N) is 4. The largest absolute Gasteiger partial charge is 0.420 e. The highest BCUT2D eigenvalue weighted by molar-refractivity contribution is 7.85. The minimum Gasteiger partial charge on any atom is -0.324 e. The van der Waals surface area contributed by atoms with Crippen molar-refractivity contribution in [1.82, 2.24) is 19.5 Å². The maximum absolute atomic E-state index is 13.9. The van der Waals surface area contributed by atoms with Gasteiger partial charge in [-0.3, -0.25) is 4.21 Å². The van der Waals surface area contributed by atoms with Gasteiger partial charge in [-0.25, -0.2) is 15.0 Å². The highest BCUT2D eigenvalue weighted by Crippen LogP contribution is 2.38. The zero-order valence-corrected chi connectivity index (χ0v) is 23.6. The fourth-order valence-corrected chi connectivity index (χ4v) is 6.89. The Morgan fingerprint density at radius 3 is 2.29 bits per heavy atom. The summed E-state index contributed by atoms with van der Waals surface area (Å²) in [6.07, 6.45) is 1.74. The predicted molar refractivity (Wildman–Crippen MR) is 145 cm³/mol. The van der Waals surface area contributed by atoms with Crippen LogP contribution in [0, 0.1) is 25.7 Å². The minimum atomic E-state index is -4.62. The number of halogens is 3. The molecule has 1 fully saturated rings. The Hall–Kier alpha value is -2.75. The zero-order chi connectivity index (χ0) is 27.8. The molecule has 1 aliphatic carbocycles. The van der Waals surface area contributed by atoms with Crippen molar-refractivity contribution in [3.05, 3.63) is 47.5 Å². The molecule has 1 aliphatic rings. The molecule has 1 N–H and O–H groups in total. The normalized spacial score (nSPS) is 19.2. The maximum atomic E-state index is 13.9. The topological polar surface area (TPSA) is 72.7 Å². The molecule has 10 heteroatoms. The first kappa shape index (κ1) is 28.3. The Bertz CT molecular complexity index is 1310. The summed E-state index contributed by atoms with van der Waals surface area (Å²) in [4.78, 5) is 13.3. The smallest absolute Gasteiger partial charge is 0.324 e. The number of nitrogens with one attached hydrogen (secondary N) is 1. The highest BCUT2D eigenvalue weighted by Gasteiger charge is 2.37. The van der Waals surface area contributed by atoms with Crippen LogP contribution in [0.15, 0.2) is 35.5 Å². The van der Waals surface area contributed by atoms with E-state index in [1.165, 1.54) is 6.20 Å². The molecular formula is C28H36F3N5OS. The zero-order valence-electron chi connectivity index (χ0n) is 22.8. The Morgan fingerprint density at radius 2 is 1.71 bits per heavy atom. The van der Waals surface area contributed by atoms with Crippen LogP contribution in [0.1, 0.15) is 76.4 Å². The van der Waals surface area contributed by atoms with Crippen LogP contribution >= 0.6 is 0 Å².